The van der Waals surface area contributed by atoms with E-state index >= 15 is 0 Å². The molecule has 0 spiro atoms. The molecule has 0 aliphatic rings. The van der Waals surface area contributed by atoms with Gasteiger partial charge in [0.25, 0.3) is 0 Å². The highest BCUT2D eigenvalue weighted by Gasteiger charge is 2.17. The van der Waals surface area contributed by atoms with Crippen molar-refractivity contribution in [3.05, 3.63) is 59.0 Å². The second kappa shape index (κ2) is 7.43. The number of H-pyrrole nitrogens is 1. The fraction of sp³-hybridized carbons (Fsp3) is 0.227. The Balaban J connectivity index is 1.94. The first kappa shape index (κ1) is 18.7. The number of nitrogens with zero attached hydrogens (tertiary/aromatic N) is 3. The monoisotopic (exact) mass is 389 g/mol. The van der Waals surface area contributed by atoms with Crippen molar-refractivity contribution in [1.82, 2.24) is 19.1 Å². The SMILES string of the molecule is CCn1c(=O)n(CC)c2cc(-c3nc(NC(C)=O)[nH]c3-c3ccccc3)ccc21. The number of nitrogens with one attached hydrogen (secondary N) is 2. The highest BCUT2D eigenvalue weighted by molar-refractivity contribution is 5.90. The summed E-state index contributed by atoms with van der Waals surface area (Å²) in [6, 6.07) is 15.8. The Morgan fingerprint density at radius 2 is 1.69 bits per heavy atom. The van der Waals surface area contributed by atoms with Gasteiger partial charge in [-0.05, 0) is 26.0 Å². The minimum atomic E-state index is -0.194. The average molecular weight is 389 g/mol. The third-order valence-electron chi connectivity index (χ3n) is 4.99. The van der Waals surface area contributed by atoms with E-state index in [4.69, 9.17) is 0 Å². The van der Waals surface area contributed by atoms with E-state index in [1.54, 1.807) is 9.13 Å². The molecule has 4 aromatic rings. The van der Waals surface area contributed by atoms with Crippen molar-refractivity contribution < 1.29 is 4.79 Å². The molecule has 0 atom stereocenters. The van der Waals surface area contributed by atoms with E-state index in [9.17, 15) is 9.59 Å². The molecule has 0 fully saturated rings. The van der Waals surface area contributed by atoms with E-state index in [2.05, 4.69) is 15.3 Å². The molecule has 0 aliphatic carbocycles. The summed E-state index contributed by atoms with van der Waals surface area (Å²) in [5.74, 6) is 0.200. The first-order chi connectivity index (χ1) is 14.0. The maximum absolute atomic E-state index is 12.7. The molecule has 0 radical (unpaired) electrons. The number of aryl methyl sites for hydroxylation is 2. The average Bonchev–Trinajstić information content (AvgIpc) is 3.25. The summed E-state index contributed by atoms with van der Waals surface area (Å²) < 4.78 is 3.54. The van der Waals surface area contributed by atoms with Crippen molar-refractivity contribution in [3.8, 4) is 22.5 Å². The molecule has 29 heavy (non-hydrogen) atoms. The maximum atomic E-state index is 12.7. The van der Waals surface area contributed by atoms with Crippen LogP contribution in [0.4, 0.5) is 5.95 Å². The molecule has 2 heterocycles. The molecule has 0 aliphatic heterocycles. The highest BCUT2D eigenvalue weighted by Crippen LogP contribution is 2.33. The minimum absolute atomic E-state index is 0.00797. The molecule has 148 valence electrons. The lowest BCUT2D eigenvalue weighted by Crippen LogP contribution is -2.22. The molecule has 0 saturated carbocycles. The number of rotatable bonds is 5. The number of hydrogen-bond acceptors (Lipinski definition) is 3. The van der Waals surface area contributed by atoms with Crippen LogP contribution in [0.1, 0.15) is 20.8 Å². The lowest BCUT2D eigenvalue weighted by Gasteiger charge is -2.05. The normalized spacial score (nSPS) is 11.1. The van der Waals surface area contributed by atoms with Crippen molar-refractivity contribution in [1.29, 1.82) is 0 Å². The number of anilines is 1. The molecule has 2 N–H and O–H groups in total. The zero-order chi connectivity index (χ0) is 20.5. The van der Waals surface area contributed by atoms with Crippen LogP contribution in [0.25, 0.3) is 33.5 Å². The second-order valence-corrected chi connectivity index (χ2v) is 6.83. The van der Waals surface area contributed by atoms with Crippen LogP contribution in [-0.2, 0) is 17.9 Å². The van der Waals surface area contributed by atoms with Gasteiger partial charge in [-0.2, -0.15) is 0 Å². The largest absolute Gasteiger partial charge is 0.329 e. The number of imidazole rings is 2. The van der Waals surface area contributed by atoms with Crippen molar-refractivity contribution in [2.45, 2.75) is 33.9 Å². The Labute approximate surface area is 168 Å². The molecule has 7 heteroatoms. The maximum Gasteiger partial charge on any atom is 0.329 e. The van der Waals surface area contributed by atoms with Crippen molar-refractivity contribution >= 4 is 22.9 Å². The smallest absolute Gasteiger partial charge is 0.323 e. The van der Waals surface area contributed by atoms with Crippen LogP contribution in [-0.4, -0.2) is 25.0 Å². The summed E-state index contributed by atoms with van der Waals surface area (Å²) in [4.78, 5) is 32.0. The van der Waals surface area contributed by atoms with Gasteiger partial charge in [0.15, 0.2) is 0 Å². The Morgan fingerprint density at radius 1 is 1.00 bits per heavy atom. The molecular formula is C22H23N5O2. The lowest BCUT2D eigenvalue weighted by atomic mass is 10.0. The van der Waals surface area contributed by atoms with Gasteiger partial charge in [0.2, 0.25) is 11.9 Å². The van der Waals surface area contributed by atoms with Crippen LogP contribution in [0, 0.1) is 0 Å². The minimum Gasteiger partial charge on any atom is -0.323 e. The topological polar surface area (TPSA) is 84.7 Å². The van der Waals surface area contributed by atoms with Crippen LogP contribution in [0.3, 0.4) is 0 Å². The molecule has 0 saturated heterocycles. The number of aromatic nitrogens is 4. The summed E-state index contributed by atoms with van der Waals surface area (Å²) in [6.07, 6.45) is 0. The van der Waals surface area contributed by atoms with Gasteiger partial charge in [0.1, 0.15) is 0 Å². The molecule has 4 rings (SSSR count). The van der Waals surface area contributed by atoms with Gasteiger partial charge < -0.3 is 4.98 Å². The van der Waals surface area contributed by atoms with E-state index in [-0.39, 0.29) is 11.6 Å². The predicted molar refractivity (Wildman–Crippen MR) is 115 cm³/mol. The summed E-state index contributed by atoms with van der Waals surface area (Å²) >= 11 is 0. The number of carbonyl (C=O) groups is 1. The number of fused-ring (bicyclic) bond motifs is 1. The third-order valence-corrected chi connectivity index (χ3v) is 4.99. The van der Waals surface area contributed by atoms with Gasteiger partial charge in [0.05, 0.1) is 22.4 Å². The number of carbonyl (C=O) groups excluding carboxylic acids is 1. The Bertz CT molecular complexity index is 1250. The van der Waals surface area contributed by atoms with E-state index in [1.165, 1.54) is 6.92 Å². The molecular weight excluding hydrogens is 366 g/mol. The van der Waals surface area contributed by atoms with Crippen LogP contribution < -0.4 is 11.0 Å². The van der Waals surface area contributed by atoms with Gasteiger partial charge in [-0.1, -0.05) is 36.4 Å². The number of hydrogen-bond donors (Lipinski definition) is 2. The zero-order valence-corrected chi connectivity index (χ0v) is 16.7. The van der Waals surface area contributed by atoms with Gasteiger partial charge in [-0.15, -0.1) is 0 Å². The van der Waals surface area contributed by atoms with Crippen LogP contribution >= 0.6 is 0 Å². The van der Waals surface area contributed by atoms with Crippen LogP contribution in [0.15, 0.2) is 53.3 Å². The molecule has 0 unspecified atom stereocenters. The van der Waals surface area contributed by atoms with Gasteiger partial charge in [-0.3, -0.25) is 19.2 Å². The Hall–Kier alpha value is -3.61. The summed E-state index contributed by atoms with van der Waals surface area (Å²) in [6.45, 7) is 6.59. The van der Waals surface area contributed by atoms with Crippen molar-refractivity contribution in [3.63, 3.8) is 0 Å². The standard InChI is InChI=1S/C22H23N5O2/c1-4-26-17-12-11-16(13-18(17)27(5-2)22(26)29)20-19(15-9-7-6-8-10-15)24-21(25-20)23-14(3)28/h6-13H,4-5H2,1-3H3,(H2,23,24,25,28). The molecule has 2 aromatic carbocycles. The fourth-order valence-electron chi connectivity index (χ4n) is 3.70. The summed E-state index contributed by atoms with van der Waals surface area (Å²) in [5.41, 5.74) is 5.15. The van der Waals surface area contributed by atoms with E-state index in [1.807, 2.05) is 62.4 Å². The number of amides is 1. The van der Waals surface area contributed by atoms with Crippen LogP contribution in [0.5, 0.6) is 0 Å². The highest BCUT2D eigenvalue weighted by atomic mass is 16.2. The van der Waals surface area contributed by atoms with Crippen molar-refractivity contribution in [2.75, 3.05) is 5.32 Å². The van der Waals surface area contributed by atoms with Crippen LogP contribution in [0.2, 0.25) is 0 Å². The lowest BCUT2D eigenvalue weighted by molar-refractivity contribution is -0.114. The first-order valence-corrected chi connectivity index (χ1v) is 9.70. The quantitative estimate of drug-likeness (QED) is 0.544. The molecule has 1 amide bonds. The molecule has 2 aromatic heterocycles. The van der Waals surface area contributed by atoms with E-state index in [0.29, 0.717) is 19.0 Å². The van der Waals surface area contributed by atoms with E-state index < -0.39 is 0 Å². The zero-order valence-electron chi connectivity index (χ0n) is 16.7. The third kappa shape index (κ3) is 3.24. The Morgan fingerprint density at radius 3 is 2.34 bits per heavy atom. The molecule has 7 nitrogen and oxygen atoms in total. The summed E-state index contributed by atoms with van der Waals surface area (Å²) in [7, 11) is 0. The van der Waals surface area contributed by atoms with Crippen molar-refractivity contribution in [2.24, 2.45) is 0 Å². The Kier molecular flexibility index (Phi) is 4.80. The van der Waals surface area contributed by atoms with Gasteiger partial charge in [0, 0.05) is 31.1 Å². The number of benzene rings is 2. The fourth-order valence-corrected chi connectivity index (χ4v) is 3.70. The second-order valence-electron chi connectivity index (χ2n) is 6.83. The summed E-state index contributed by atoms with van der Waals surface area (Å²) in [5, 5.41) is 2.72. The predicted octanol–water partition coefficient (Wildman–Crippen LogP) is 3.86. The number of aromatic amines is 1. The van der Waals surface area contributed by atoms with E-state index in [0.717, 1.165) is 33.5 Å². The van der Waals surface area contributed by atoms with Gasteiger partial charge in [-0.25, -0.2) is 9.78 Å². The van der Waals surface area contributed by atoms with Gasteiger partial charge >= 0.3 is 5.69 Å². The first-order valence-electron chi connectivity index (χ1n) is 9.70. The molecule has 0 bridgehead atoms.